The first-order valence-electron chi connectivity index (χ1n) is 4.09. The molecule has 0 amide bonds. The Labute approximate surface area is 93.8 Å². The minimum absolute atomic E-state index is 0.391. The molecule has 0 bridgehead atoms. The molecule has 0 fully saturated rings. The van der Waals surface area contributed by atoms with Crippen LogP contribution in [0.3, 0.4) is 0 Å². The van der Waals surface area contributed by atoms with Gasteiger partial charge in [-0.25, -0.2) is 4.39 Å². The average molecular weight is 274 g/mol. The molecule has 0 aromatic heterocycles. The Morgan fingerprint density at radius 2 is 1.88 bits per heavy atom. The van der Waals surface area contributed by atoms with Crippen LogP contribution in [-0.2, 0) is 16.8 Å². The first-order chi connectivity index (χ1) is 7.57. The predicted molar refractivity (Wildman–Crippen MR) is 48.3 cm³/mol. The van der Waals surface area contributed by atoms with Gasteiger partial charge in [0.1, 0.15) is 0 Å². The third-order valence-corrected chi connectivity index (χ3v) is 1.99. The molecule has 1 aromatic rings. The van der Waals surface area contributed by atoms with Gasteiger partial charge in [-0.15, -0.1) is 0 Å². The lowest BCUT2D eigenvalue weighted by Gasteiger charge is -2.08. The van der Waals surface area contributed by atoms with Crippen molar-refractivity contribution in [2.75, 3.05) is 0 Å². The Balaban J connectivity index is 2.94. The van der Waals surface area contributed by atoms with Crippen molar-refractivity contribution in [3.8, 4) is 5.75 Å². The van der Waals surface area contributed by atoms with Crippen LogP contribution in [0.1, 0.15) is 5.56 Å². The van der Waals surface area contributed by atoms with Crippen molar-refractivity contribution >= 4 is 10.4 Å². The minimum Gasteiger partial charge on any atom is -0.359 e. The fourth-order valence-electron chi connectivity index (χ4n) is 1.07. The fraction of sp³-hybridized carbons (Fsp3) is 0.250. The Morgan fingerprint density at radius 3 is 2.29 bits per heavy atom. The molecular formula is C8H6F4O4S. The zero-order valence-electron chi connectivity index (χ0n) is 8.03. The van der Waals surface area contributed by atoms with Crippen molar-refractivity contribution in [1.82, 2.24) is 0 Å². The Bertz CT molecular complexity index is 509. The summed E-state index contributed by atoms with van der Waals surface area (Å²) >= 11 is 0. The molecule has 0 saturated carbocycles. The van der Waals surface area contributed by atoms with Crippen LogP contribution in [0.15, 0.2) is 18.2 Å². The van der Waals surface area contributed by atoms with E-state index >= 15 is 0 Å². The average Bonchev–Trinajstić information content (AvgIpc) is 2.05. The second kappa shape index (κ2) is 4.49. The highest BCUT2D eigenvalue weighted by atomic mass is 32.3. The van der Waals surface area contributed by atoms with E-state index in [1.807, 2.05) is 0 Å². The smallest absolute Gasteiger partial charge is 0.359 e. The second-order valence-corrected chi connectivity index (χ2v) is 4.09. The predicted octanol–water partition coefficient (Wildman–Crippen LogP) is 2.11. The summed E-state index contributed by atoms with van der Waals surface area (Å²) in [7, 11) is -4.91. The van der Waals surface area contributed by atoms with Gasteiger partial charge < -0.3 is 4.18 Å². The molecule has 9 heteroatoms. The number of rotatable bonds is 3. The molecule has 1 N–H and O–H groups in total. The van der Waals surface area contributed by atoms with Crippen molar-refractivity contribution < 1.29 is 34.7 Å². The van der Waals surface area contributed by atoms with Crippen LogP contribution in [0, 0.1) is 5.82 Å². The molecule has 0 heterocycles. The van der Waals surface area contributed by atoms with Crippen molar-refractivity contribution in [2.24, 2.45) is 0 Å². The van der Waals surface area contributed by atoms with Crippen molar-refractivity contribution in [3.05, 3.63) is 29.6 Å². The number of benzene rings is 1. The monoisotopic (exact) mass is 274 g/mol. The van der Waals surface area contributed by atoms with Gasteiger partial charge >= 0.3 is 16.6 Å². The van der Waals surface area contributed by atoms with Gasteiger partial charge in [-0.3, -0.25) is 4.55 Å². The quantitative estimate of drug-likeness (QED) is 0.677. The zero-order valence-corrected chi connectivity index (χ0v) is 8.85. The lowest BCUT2D eigenvalue weighted by atomic mass is 10.1. The minimum atomic E-state index is -4.91. The highest BCUT2D eigenvalue weighted by molar-refractivity contribution is 7.81. The molecule has 1 aromatic carbocycles. The topological polar surface area (TPSA) is 63.6 Å². The summed E-state index contributed by atoms with van der Waals surface area (Å²) in [5.41, 5.74) is -0.391. The maximum absolute atomic E-state index is 13.1. The first-order valence-corrected chi connectivity index (χ1v) is 5.45. The van der Waals surface area contributed by atoms with Gasteiger partial charge in [-0.1, -0.05) is 6.07 Å². The number of halogens is 4. The van der Waals surface area contributed by atoms with Crippen LogP contribution >= 0.6 is 0 Å². The van der Waals surface area contributed by atoms with E-state index in [0.717, 1.165) is 6.07 Å². The molecule has 0 unspecified atom stereocenters. The van der Waals surface area contributed by atoms with Gasteiger partial charge in [-0.2, -0.15) is 21.6 Å². The van der Waals surface area contributed by atoms with Crippen LogP contribution in [0.25, 0.3) is 0 Å². The molecule has 0 radical (unpaired) electrons. The van der Waals surface area contributed by atoms with Gasteiger partial charge in [0, 0.05) is 0 Å². The number of hydrogen-bond donors (Lipinski definition) is 1. The summed E-state index contributed by atoms with van der Waals surface area (Å²) in [6.45, 7) is 0. The van der Waals surface area contributed by atoms with Gasteiger partial charge in [0.25, 0.3) is 0 Å². The van der Waals surface area contributed by atoms with E-state index in [4.69, 9.17) is 4.55 Å². The van der Waals surface area contributed by atoms with Crippen LogP contribution in [0.4, 0.5) is 17.6 Å². The van der Waals surface area contributed by atoms with E-state index in [2.05, 4.69) is 4.18 Å². The van der Waals surface area contributed by atoms with Crippen molar-refractivity contribution in [3.63, 3.8) is 0 Å². The molecule has 0 atom stereocenters. The summed E-state index contributed by atoms with van der Waals surface area (Å²) in [4.78, 5) is 0. The van der Waals surface area contributed by atoms with Crippen molar-refractivity contribution in [1.29, 1.82) is 0 Å². The largest absolute Gasteiger partial charge is 0.446 e. The summed E-state index contributed by atoms with van der Waals surface area (Å²) in [6.07, 6.45) is -5.85. The van der Waals surface area contributed by atoms with Gasteiger partial charge in [0.05, 0.1) is 6.42 Å². The highest BCUT2D eigenvalue weighted by Gasteiger charge is 2.28. The van der Waals surface area contributed by atoms with Crippen LogP contribution in [0.2, 0.25) is 0 Å². The number of hydrogen-bond acceptors (Lipinski definition) is 3. The Morgan fingerprint density at radius 1 is 1.29 bits per heavy atom. The maximum atomic E-state index is 13.1. The summed E-state index contributed by atoms with van der Waals surface area (Å²) in [5.74, 6) is -2.19. The molecule has 96 valence electrons. The molecule has 1 rings (SSSR count). The lowest BCUT2D eigenvalue weighted by molar-refractivity contribution is -0.127. The maximum Gasteiger partial charge on any atom is 0.446 e. The van der Waals surface area contributed by atoms with E-state index in [9.17, 15) is 26.0 Å². The third-order valence-electron chi connectivity index (χ3n) is 1.60. The van der Waals surface area contributed by atoms with E-state index in [-0.39, 0.29) is 0 Å². The van der Waals surface area contributed by atoms with E-state index in [1.54, 1.807) is 0 Å². The molecule has 0 saturated heterocycles. The molecular weight excluding hydrogens is 268 g/mol. The van der Waals surface area contributed by atoms with Crippen molar-refractivity contribution in [2.45, 2.75) is 12.6 Å². The Hall–Kier alpha value is -1.35. The molecule has 0 spiro atoms. The standard InChI is InChI=1S/C8H6F4O4S/c9-6-3-5(4-8(10,11)12)1-2-7(6)16-17(13,14)15/h1-3H,4H2,(H,13,14,15). The van der Waals surface area contributed by atoms with Crippen LogP contribution in [-0.4, -0.2) is 19.1 Å². The highest BCUT2D eigenvalue weighted by Crippen LogP contribution is 2.25. The number of alkyl halides is 3. The van der Waals surface area contributed by atoms with Gasteiger partial charge in [0.15, 0.2) is 11.6 Å². The van der Waals surface area contributed by atoms with Gasteiger partial charge in [0.2, 0.25) is 0 Å². The SMILES string of the molecule is O=S(=O)(O)Oc1ccc(CC(F)(F)F)cc1F. The molecule has 0 aliphatic rings. The molecule has 4 nitrogen and oxygen atoms in total. The van der Waals surface area contributed by atoms with Gasteiger partial charge in [-0.05, 0) is 17.7 Å². The lowest BCUT2D eigenvalue weighted by Crippen LogP contribution is -2.12. The van der Waals surface area contributed by atoms with Crippen LogP contribution < -0.4 is 4.18 Å². The second-order valence-electron chi connectivity index (χ2n) is 3.07. The summed E-state index contributed by atoms with van der Waals surface area (Å²) < 4.78 is 81.5. The molecule has 0 aliphatic carbocycles. The Kier molecular flexibility index (Phi) is 3.62. The summed E-state index contributed by atoms with van der Waals surface area (Å²) in [5, 5.41) is 0. The normalized spacial score (nSPS) is 12.5. The van der Waals surface area contributed by atoms with E-state index in [0.29, 0.717) is 12.1 Å². The van der Waals surface area contributed by atoms with E-state index < -0.39 is 40.1 Å². The molecule has 17 heavy (non-hydrogen) atoms. The van der Waals surface area contributed by atoms with E-state index in [1.165, 1.54) is 0 Å². The summed E-state index contributed by atoms with van der Waals surface area (Å²) in [6, 6.07) is 2.01. The fourth-order valence-corrected chi connectivity index (χ4v) is 1.43. The third kappa shape index (κ3) is 5.00. The molecule has 0 aliphatic heterocycles. The van der Waals surface area contributed by atoms with Crippen LogP contribution in [0.5, 0.6) is 5.75 Å². The zero-order chi connectivity index (χ0) is 13.3. The first kappa shape index (κ1) is 13.7.